The van der Waals surface area contributed by atoms with Gasteiger partial charge in [0.15, 0.2) is 0 Å². The summed E-state index contributed by atoms with van der Waals surface area (Å²) in [5.74, 6) is 0.0968. The Hall–Kier alpha value is -1.06. The molecular formula is C14H23ClN2O. The van der Waals surface area contributed by atoms with Gasteiger partial charge in [0.05, 0.1) is 0 Å². The van der Waals surface area contributed by atoms with Gasteiger partial charge in [-0.3, -0.25) is 4.79 Å². The summed E-state index contributed by atoms with van der Waals surface area (Å²) in [5.41, 5.74) is 8.09. The van der Waals surface area contributed by atoms with Gasteiger partial charge in [-0.25, -0.2) is 0 Å². The van der Waals surface area contributed by atoms with Gasteiger partial charge in [-0.15, -0.1) is 12.4 Å². The van der Waals surface area contributed by atoms with E-state index in [0.717, 1.165) is 12.0 Å². The van der Waals surface area contributed by atoms with Crippen LogP contribution in [0.25, 0.3) is 0 Å². The summed E-state index contributed by atoms with van der Waals surface area (Å²) in [6.07, 6.45) is 1.45. The predicted octanol–water partition coefficient (Wildman–Crippen LogP) is 2.37. The molecule has 1 unspecified atom stereocenters. The number of hydrogen-bond donors (Lipinski definition) is 1. The molecule has 0 spiro atoms. The zero-order valence-corrected chi connectivity index (χ0v) is 12.2. The molecule has 1 rings (SSSR count). The third kappa shape index (κ3) is 5.52. The van der Waals surface area contributed by atoms with E-state index in [4.69, 9.17) is 5.73 Å². The van der Waals surface area contributed by atoms with E-state index in [9.17, 15) is 4.79 Å². The molecule has 0 radical (unpaired) electrons. The number of nitrogens with two attached hydrogens (primary N) is 1. The second-order valence-corrected chi connectivity index (χ2v) is 4.60. The minimum atomic E-state index is -0.0765. The number of benzene rings is 1. The van der Waals surface area contributed by atoms with Crippen LogP contribution in [0.2, 0.25) is 0 Å². The lowest BCUT2D eigenvalue weighted by atomic mass is 10.1. The Morgan fingerprint density at radius 1 is 1.28 bits per heavy atom. The highest BCUT2D eigenvalue weighted by Crippen LogP contribution is 2.08. The quantitative estimate of drug-likeness (QED) is 0.893. The smallest absolute Gasteiger partial charge is 0.224 e. The molecular weight excluding hydrogens is 248 g/mol. The number of carbonyl (C=O) groups excluding carboxylic acids is 1. The first kappa shape index (κ1) is 16.9. The van der Waals surface area contributed by atoms with Crippen LogP contribution in [-0.4, -0.2) is 23.9 Å². The standard InChI is InChI=1S/C14H22N2O.ClH/c1-4-12-5-7-13(8-6-12)10-16(3)14(17)9-11(2)15;/h5-8,11H,4,9-10,15H2,1-3H3;1H. The Morgan fingerprint density at radius 2 is 1.78 bits per heavy atom. The molecule has 4 heteroatoms. The number of rotatable bonds is 5. The highest BCUT2D eigenvalue weighted by atomic mass is 35.5. The van der Waals surface area contributed by atoms with Crippen LogP contribution in [0, 0.1) is 0 Å². The summed E-state index contributed by atoms with van der Waals surface area (Å²) < 4.78 is 0. The topological polar surface area (TPSA) is 46.3 Å². The van der Waals surface area contributed by atoms with E-state index in [0.29, 0.717) is 13.0 Å². The highest BCUT2D eigenvalue weighted by Gasteiger charge is 2.10. The van der Waals surface area contributed by atoms with Crippen LogP contribution in [0.4, 0.5) is 0 Å². The monoisotopic (exact) mass is 270 g/mol. The van der Waals surface area contributed by atoms with Crippen molar-refractivity contribution in [3.63, 3.8) is 0 Å². The number of halogens is 1. The summed E-state index contributed by atoms with van der Waals surface area (Å²) in [6, 6.07) is 8.30. The number of hydrogen-bond acceptors (Lipinski definition) is 2. The van der Waals surface area contributed by atoms with Gasteiger partial charge < -0.3 is 10.6 Å². The van der Waals surface area contributed by atoms with Crippen molar-refractivity contribution >= 4 is 18.3 Å². The summed E-state index contributed by atoms with van der Waals surface area (Å²) >= 11 is 0. The summed E-state index contributed by atoms with van der Waals surface area (Å²) in [4.78, 5) is 13.5. The van der Waals surface area contributed by atoms with Gasteiger partial charge in [0, 0.05) is 26.1 Å². The number of aryl methyl sites for hydroxylation is 1. The largest absolute Gasteiger partial charge is 0.341 e. The summed E-state index contributed by atoms with van der Waals surface area (Å²) in [7, 11) is 1.82. The molecule has 0 aromatic heterocycles. The Kier molecular flexibility index (Phi) is 7.64. The third-order valence-electron chi connectivity index (χ3n) is 2.77. The maximum absolute atomic E-state index is 11.7. The molecule has 0 bridgehead atoms. The average molecular weight is 271 g/mol. The van der Waals surface area contributed by atoms with E-state index >= 15 is 0 Å². The van der Waals surface area contributed by atoms with Crippen LogP contribution >= 0.6 is 12.4 Å². The van der Waals surface area contributed by atoms with Crippen molar-refractivity contribution in [2.75, 3.05) is 7.05 Å². The molecule has 3 nitrogen and oxygen atoms in total. The second-order valence-electron chi connectivity index (χ2n) is 4.60. The lowest BCUT2D eigenvalue weighted by Gasteiger charge is -2.18. The van der Waals surface area contributed by atoms with E-state index < -0.39 is 0 Å². The Bertz CT molecular complexity index is 363. The summed E-state index contributed by atoms with van der Waals surface area (Å²) in [6.45, 7) is 4.63. The summed E-state index contributed by atoms with van der Waals surface area (Å²) in [5, 5.41) is 0. The molecule has 18 heavy (non-hydrogen) atoms. The second kappa shape index (κ2) is 8.11. The minimum absolute atomic E-state index is 0. The zero-order chi connectivity index (χ0) is 12.8. The maximum atomic E-state index is 11.7. The molecule has 0 aliphatic heterocycles. The predicted molar refractivity (Wildman–Crippen MR) is 77.8 cm³/mol. The van der Waals surface area contributed by atoms with E-state index in [-0.39, 0.29) is 24.4 Å². The zero-order valence-electron chi connectivity index (χ0n) is 11.3. The van der Waals surface area contributed by atoms with E-state index in [1.807, 2.05) is 14.0 Å². The van der Waals surface area contributed by atoms with Gasteiger partial charge in [0.25, 0.3) is 0 Å². The molecule has 102 valence electrons. The van der Waals surface area contributed by atoms with Crippen molar-refractivity contribution in [3.8, 4) is 0 Å². The minimum Gasteiger partial charge on any atom is -0.341 e. The normalized spacial score (nSPS) is 11.6. The molecule has 0 aliphatic carbocycles. The molecule has 1 aromatic rings. The van der Waals surface area contributed by atoms with Crippen molar-refractivity contribution < 1.29 is 4.79 Å². The Morgan fingerprint density at radius 3 is 2.22 bits per heavy atom. The number of nitrogens with zero attached hydrogens (tertiary/aromatic N) is 1. The molecule has 2 N–H and O–H groups in total. The third-order valence-corrected chi connectivity index (χ3v) is 2.77. The van der Waals surface area contributed by atoms with Crippen molar-refractivity contribution in [3.05, 3.63) is 35.4 Å². The van der Waals surface area contributed by atoms with Gasteiger partial charge >= 0.3 is 0 Å². The molecule has 1 atom stereocenters. The molecule has 0 heterocycles. The average Bonchev–Trinajstić information content (AvgIpc) is 2.29. The lowest BCUT2D eigenvalue weighted by molar-refractivity contribution is -0.130. The highest BCUT2D eigenvalue weighted by molar-refractivity contribution is 5.85. The van der Waals surface area contributed by atoms with Gasteiger partial charge in [-0.2, -0.15) is 0 Å². The van der Waals surface area contributed by atoms with Crippen LogP contribution in [0.3, 0.4) is 0 Å². The van der Waals surface area contributed by atoms with Crippen LogP contribution in [0.1, 0.15) is 31.4 Å². The first-order valence-electron chi connectivity index (χ1n) is 6.10. The number of amides is 1. The van der Waals surface area contributed by atoms with Crippen LogP contribution in [-0.2, 0) is 17.8 Å². The Labute approximate surface area is 116 Å². The molecule has 0 aliphatic rings. The lowest BCUT2D eigenvalue weighted by Crippen LogP contribution is -2.31. The van der Waals surface area contributed by atoms with Gasteiger partial charge in [0.1, 0.15) is 0 Å². The van der Waals surface area contributed by atoms with Crippen molar-refractivity contribution in [2.45, 2.75) is 39.3 Å². The molecule has 0 fully saturated rings. The molecule has 1 amide bonds. The first-order chi connectivity index (χ1) is 8.02. The molecule has 0 saturated carbocycles. The first-order valence-corrected chi connectivity index (χ1v) is 6.10. The fraction of sp³-hybridized carbons (Fsp3) is 0.500. The van der Waals surface area contributed by atoms with Crippen LogP contribution in [0.15, 0.2) is 24.3 Å². The van der Waals surface area contributed by atoms with E-state index in [1.54, 1.807) is 4.90 Å². The van der Waals surface area contributed by atoms with Crippen molar-refractivity contribution in [1.82, 2.24) is 4.90 Å². The van der Waals surface area contributed by atoms with Gasteiger partial charge in [-0.05, 0) is 24.5 Å². The molecule has 0 saturated heterocycles. The van der Waals surface area contributed by atoms with Crippen LogP contribution in [0.5, 0.6) is 0 Å². The fourth-order valence-electron chi connectivity index (χ4n) is 1.67. The Balaban J connectivity index is 0.00000289. The van der Waals surface area contributed by atoms with Crippen molar-refractivity contribution in [2.24, 2.45) is 5.73 Å². The van der Waals surface area contributed by atoms with Gasteiger partial charge in [0.2, 0.25) is 5.91 Å². The van der Waals surface area contributed by atoms with E-state index in [2.05, 4.69) is 31.2 Å². The molecule has 1 aromatic carbocycles. The van der Waals surface area contributed by atoms with Crippen molar-refractivity contribution in [1.29, 1.82) is 0 Å². The van der Waals surface area contributed by atoms with Gasteiger partial charge in [-0.1, -0.05) is 31.2 Å². The van der Waals surface area contributed by atoms with E-state index in [1.165, 1.54) is 5.56 Å². The van der Waals surface area contributed by atoms with Crippen LogP contribution < -0.4 is 5.73 Å². The SMILES string of the molecule is CCc1ccc(CN(C)C(=O)CC(C)N)cc1.Cl. The maximum Gasteiger partial charge on any atom is 0.224 e. The number of carbonyl (C=O) groups is 1. The fourth-order valence-corrected chi connectivity index (χ4v) is 1.67.